The Kier molecular flexibility index (Phi) is 4.01. The number of hydrogen-bond donors (Lipinski definition) is 1. The summed E-state index contributed by atoms with van der Waals surface area (Å²) in [6, 6.07) is 7.42. The van der Waals surface area contributed by atoms with Crippen molar-refractivity contribution in [3.8, 4) is 11.3 Å². The van der Waals surface area contributed by atoms with Gasteiger partial charge in [-0.3, -0.25) is 4.79 Å². The maximum absolute atomic E-state index is 12.1. The molecular formula is C15H16N2O3S2. The summed E-state index contributed by atoms with van der Waals surface area (Å²) < 4.78 is 22.8. The van der Waals surface area contributed by atoms with Crippen LogP contribution in [0.5, 0.6) is 0 Å². The Bertz CT molecular complexity index is 794. The molecule has 1 atom stereocenters. The summed E-state index contributed by atoms with van der Waals surface area (Å²) >= 11 is 1.59. The Labute approximate surface area is 133 Å². The molecule has 22 heavy (non-hydrogen) atoms. The van der Waals surface area contributed by atoms with Gasteiger partial charge >= 0.3 is 0 Å². The van der Waals surface area contributed by atoms with Gasteiger partial charge in [-0.05, 0) is 25.5 Å². The number of hydrogen-bond acceptors (Lipinski definition) is 5. The van der Waals surface area contributed by atoms with Crippen molar-refractivity contribution < 1.29 is 13.2 Å². The highest BCUT2D eigenvalue weighted by Crippen LogP contribution is 2.24. The van der Waals surface area contributed by atoms with Gasteiger partial charge in [0.2, 0.25) is 5.91 Å². The molecule has 1 aromatic carbocycles. The zero-order chi connectivity index (χ0) is 15.7. The molecule has 5 nitrogen and oxygen atoms in total. The van der Waals surface area contributed by atoms with Crippen LogP contribution >= 0.6 is 11.3 Å². The fraction of sp³-hybridized carbons (Fsp3) is 0.333. The Balaban J connectivity index is 1.67. The number of nitrogens with one attached hydrogen (secondary N) is 1. The van der Waals surface area contributed by atoms with Gasteiger partial charge in [0.05, 0.1) is 28.1 Å². The number of carbonyl (C=O) groups is 1. The molecule has 0 aliphatic carbocycles. The highest BCUT2D eigenvalue weighted by molar-refractivity contribution is 7.91. The molecule has 1 amide bonds. The van der Waals surface area contributed by atoms with Crippen LogP contribution in [0.3, 0.4) is 0 Å². The lowest BCUT2D eigenvalue weighted by Crippen LogP contribution is -2.23. The van der Waals surface area contributed by atoms with E-state index < -0.39 is 15.8 Å². The highest BCUT2D eigenvalue weighted by atomic mass is 32.2. The minimum Gasteiger partial charge on any atom is -0.326 e. The van der Waals surface area contributed by atoms with E-state index in [9.17, 15) is 13.2 Å². The van der Waals surface area contributed by atoms with Crippen molar-refractivity contribution in [3.05, 3.63) is 34.7 Å². The fourth-order valence-electron chi connectivity index (χ4n) is 2.47. The molecule has 0 radical (unpaired) electrons. The van der Waals surface area contributed by atoms with Crippen molar-refractivity contribution in [2.75, 3.05) is 16.8 Å². The van der Waals surface area contributed by atoms with E-state index in [1.807, 2.05) is 36.6 Å². The molecule has 0 bridgehead atoms. The van der Waals surface area contributed by atoms with E-state index in [0.717, 1.165) is 16.3 Å². The third-order valence-electron chi connectivity index (χ3n) is 3.67. The largest absolute Gasteiger partial charge is 0.326 e. The van der Waals surface area contributed by atoms with Crippen molar-refractivity contribution in [1.82, 2.24) is 4.98 Å². The van der Waals surface area contributed by atoms with Crippen LogP contribution in [0.15, 0.2) is 29.6 Å². The van der Waals surface area contributed by atoms with E-state index in [2.05, 4.69) is 10.3 Å². The second-order valence-corrected chi connectivity index (χ2v) is 8.71. The molecule has 1 aliphatic rings. The van der Waals surface area contributed by atoms with Gasteiger partial charge in [0, 0.05) is 16.6 Å². The van der Waals surface area contributed by atoms with Crippen LogP contribution in [0.4, 0.5) is 5.69 Å². The Morgan fingerprint density at radius 3 is 2.59 bits per heavy atom. The topological polar surface area (TPSA) is 76.1 Å². The number of sulfone groups is 1. The molecule has 0 unspecified atom stereocenters. The predicted molar refractivity (Wildman–Crippen MR) is 87.7 cm³/mol. The molecular weight excluding hydrogens is 320 g/mol. The van der Waals surface area contributed by atoms with Crippen LogP contribution < -0.4 is 5.32 Å². The van der Waals surface area contributed by atoms with E-state index in [4.69, 9.17) is 0 Å². The average molecular weight is 336 g/mol. The van der Waals surface area contributed by atoms with Crippen molar-refractivity contribution >= 4 is 32.8 Å². The van der Waals surface area contributed by atoms with Crippen LogP contribution in [-0.2, 0) is 14.6 Å². The van der Waals surface area contributed by atoms with Gasteiger partial charge in [-0.2, -0.15) is 0 Å². The van der Waals surface area contributed by atoms with Gasteiger partial charge in [-0.25, -0.2) is 13.4 Å². The molecule has 1 saturated heterocycles. The number of aromatic nitrogens is 1. The molecule has 1 aliphatic heterocycles. The molecule has 0 spiro atoms. The SMILES string of the molecule is Cc1nc(-c2ccc(NC(=O)[C@H]3CCS(=O)(=O)C3)cc2)cs1. The Morgan fingerprint density at radius 1 is 1.32 bits per heavy atom. The van der Waals surface area contributed by atoms with E-state index in [-0.39, 0.29) is 17.4 Å². The van der Waals surface area contributed by atoms with Crippen LogP contribution in [0.1, 0.15) is 11.4 Å². The lowest BCUT2D eigenvalue weighted by Gasteiger charge is -2.09. The Hall–Kier alpha value is -1.73. The van der Waals surface area contributed by atoms with Gasteiger partial charge in [0.25, 0.3) is 0 Å². The van der Waals surface area contributed by atoms with Crippen LogP contribution in [0.25, 0.3) is 11.3 Å². The molecule has 3 rings (SSSR count). The summed E-state index contributed by atoms with van der Waals surface area (Å²) in [5.74, 6) is -0.605. The molecule has 2 aromatic rings. The number of thiazole rings is 1. The van der Waals surface area contributed by atoms with Crippen LogP contribution in [0.2, 0.25) is 0 Å². The summed E-state index contributed by atoms with van der Waals surface area (Å²) in [4.78, 5) is 16.5. The second-order valence-electron chi connectivity index (χ2n) is 5.42. The predicted octanol–water partition coefficient (Wildman–Crippen LogP) is 2.49. The van der Waals surface area contributed by atoms with E-state index in [1.54, 1.807) is 11.3 Å². The minimum absolute atomic E-state index is 0.0466. The van der Waals surface area contributed by atoms with E-state index >= 15 is 0 Å². The summed E-state index contributed by atoms with van der Waals surface area (Å²) in [5.41, 5.74) is 2.58. The van der Waals surface area contributed by atoms with Crippen molar-refractivity contribution in [2.24, 2.45) is 5.92 Å². The molecule has 0 saturated carbocycles. The minimum atomic E-state index is -3.04. The molecule has 7 heteroatoms. The highest BCUT2D eigenvalue weighted by Gasteiger charge is 2.32. The number of carbonyl (C=O) groups excluding carboxylic acids is 1. The second kappa shape index (κ2) is 5.81. The molecule has 1 aromatic heterocycles. The van der Waals surface area contributed by atoms with Crippen molar-refractivity contribution in [3.63, 3.8) is 0 Å². The van der Waals surface area contributed by atoms with Gasteiger partial charge in [-0.15, -0.1) is 11.3 Å². The third kappa shape index (κ3) is 3.36. The Morgan fingerprint density at radius 2 is 2.05 bits per heavy atom. The summed E-state index contributed by atoms with van der Waals surface area (Å²) in [6.07, 6.45) is 0.407. The first-order valence-electron chi connectivity index (χ1n) is 6.97. The van der Waals surface area contributed by atoms with Crippen LogP contribution in [-0.4, -0.2) is 30.8 Å². The lowest BCUT2D eigenvalue weighted by molar-refractivity contribution is -0.119. The first-order valence-corrected chi connectivity index (χ1v) is 9.67. The summed E-state index contributed by atoms with van der Waals surface area (Å²) in [7, 11) is -3.04. The standard InChI is InChI=1S/C15H16N2O3S2/c1-10-16-14(8-21-10)11-2-4-13(5-3-11)17-15(18)12-6-7-22(19,20)9-12/h2-5,8,12H,6-7,9H2,1H3,(H,17,18)/t12-/m0/s1. The molecule has 1 fully saturated rings. The number of benzene rings is 1. The average Bonchev–Trinajstić information content (AvgIpc) is 3.05. The number of anilines is 1. The van der Waals surface area contributed by atoms with Crippen LogP contribution in [0, 0.1) is 12.8 Å². The lowest BCUT2D eigenvalue weighted by atomic mass is 10.1. The maximum Gasteiger partial charge on any atom is 0.228 e. The summed E-state index contributed by atoms with van der Waals surface area (Å²) in [5, 5.41) is 5.79. The van der Waals surface area contributed by atoms with Crippen molar-refractivity contribution in [1.29, 1.82) is 0 Å². The zero-order valence-electron chi connectivity index (χ0n) is 12.1. The number of amides is 1. The van der Waals surface area contributed by atoms with Gasteiger partial charge < -0.3 is 5.32 Å². The molecule has 2 heterocycles. The first kappa shape index (κ1) is 15.2. The van der Waals surface area contributed by atoms with Gasteiger partial charge in [0.1, 0.15) is 0 Å². The third-order valence-corrected chi connectivity index (χ3v) is 6.21. The van der Waals surface area contributed by atoms with E-state index in [0.29, 0.717) is 12.1 Å². The molecule has 1 N–H and O–H groups in total. The quantitative estimate of drug-likeness (QED) is 0.934. The monoisotopic (exact) mass is 336 g/mol. The van der Waals surface area contributed by atoms with Gasteiger partial charge in [0.15, 0.2) is 9.84 Å². The fourth-order valence-corrected chi connectivity index (χ4v) is 4.83. The maximum atomic E-state index is 12.1. The van der Waals surface area contributed by atoms with E-state index in [1.165, 1.54) is 0 Å². The number of nitrogens with zero attached hydrogens (tertiary/aromatic N) is 1. The number of rotatable bonds is 3. The zero-order valence-corrected chi connectivity index (χ0v) is 13.7. The smallest absolute Gasteiger partial charge is 0.228 e. The summed E-state index contributed by atoms with van der Waals surface area (Å²) in [6.45, 7) is 1.96. The van der Waals surface area contributed by atoms with Crippen molar-refractivity contribution in [2.45, 2.75) is 13.3 Å². The normalized spacial score (nSPS) is 20.0. The van der Waals surface area contributed by atoms with Gasteiger partial charge in [-0.1, -0.05) is 12.1 Å². The first-order chi connectivity index (χ1) is 10.4. The molecule has 116 valence electrons. The number of aryl methyl sites for hydroxylation is 1.